The minimum atomic E-state index is -0.0104. The number of aromatic nitrogens is 2. The van der Waals surface area contributed by atoms with E-state index in [2.05, 4.69) is 50.2 Å². The molecule has 0 spiro atoms. The van der Waals surface area contributed by atoms with Crippen LogP contribution in [0, 0.1) is 0 Å². The minimum Gasteiger partial charge on any atom is -0.497 e. The number of nitrogens with zero attached hydrogens (tertiary/aromatic N) is 2. The smallest absolute Gasteiger partial charge is 0.273 e. The standard InChI is InChI=1S/C14H14I2N2O2/c1-20-12-4-2-10(3-5-12)8-18-9-11(6-15)17-13(7-16)14(18)19/h2-5,9H,6-8H2,1H3. The van der Waals surface area contributed by atoms with Gasteiger partial charge >= 0.3 is 0 Å². The average Bonchev–Trinajstić information content (AvgIpc) is 2.50. The largest absolute Gasteiger partial charge is 0.497 e. The molecule has 0 fully saturated rings. The summed E-state index contributed by atoms with van der Waals surface area (Å²) in [4.78, 5) is 16.6. The predicted octanol–water partition coefficient (Wildman–Crippen LogP) is 3.17. The third-order valence-electron chi connectivity index (χ3n) is 2.87. The second kappa shape index (κ2) is 7.39. The number of methoxy groups -OCH3 is 1. The lowest BCUT2D eigenvalue weighted by molar-refractivity contribution is 0.414. The number of rotatable bonds is 5. The van der Waals surface area contributed by atoms with E-state index in [4.69, 9.17) is 4.74 Å². The van der Waals surface area contributed by atoms with Gasteiger partial charge in [-0.05, 0) is 17.7 Å². The molecule has 106 valence electrons. The molecular weight excluding hydrogens is 482 g/mol. The molecule has 0 radical (unpaired) electrons. The van der Waals surface area contributed by atoms with Gasteiger partial charge in [-0.25, -0.2) is 4.98 Å². The zero-order valence-electron chi connectivity index (χ0n) is 11.0. The minimum absolute atomic E-state index is 0.0104. The molecule has 0 bridgehead atoms. The van der Waals surface area contributed by atoms with E-state index >= 15 is 0 Å². The summed E-state index contributed by atoms with van der Waals surface area (Å²) in [6.07, 6.45) is 1.84. The van der Waals surface area contributed by atoms with Gasteiger partial charge < -0.3 is 9.30 Å². The molecule has 4 nitrogen and oxygen atoms in total. The van der Waals surface area contributed by atoms with Crippen LogP contribution in [0.4, 0.5) is 0 Å². The first kappa shape index (κ1) is 15.7. The third kappa shape index (κ3) is 3.72. The molecule has 0 amide bonds. The van der Waals surface area contributed by atoms with E-state index in [0.717, 1.165) is 21.4 Å². The average molecular weight is 496 g/mol. The summed E-state index contributed by atoms with van der Waals surface area (Å²) in [5.74, 6) is 0.816. The van der Waals surface area contributed by atoms with Crippen molar-refractivity contribution >= 4 is 45.2 Å². The van der Waals surface area contributed by atoms with Gasteiger partial charge in [0.25, 0.3) is 5.56 Å². The van der Waals surface area contributed by atoms with Gasteiger partial charge in [0, 0.05) is 15.1 Å². The first-order valence-electron chi connectivity index (χ1n) is 6.02. The van der Waals surface area contributed by atoms with E-state index in [-0.39, 0.29) is 5.56 Å². The van der Waals surface area contributed by atoms with Crippen molar-refractivity contribution in [2.24, 2.45) is 0 Å². The molecule has 0 unspecified atom stereocenters. The van der Waals surface area contributed by atoms with E-state index in [1.54, 1.807) is 11.7 Å². The number of ether oxygens (including phenoxy) is 1. The van der Waals surface area contributed by atoms with Gasteiger partial charge in [0.1, 0.15) is 11.4 Å². The molecule has 0 saturated heterocycles. The Morgan fingerprint density at radius 3 is 2.45 bits per heavy atom. The van der Waals surface area contributed by atoms with E-state index < -0.39 is 0 Å². The van der Waals surface area contributed by atoms with Crippen molar-refractivity contribution in [3.8, 4) is 5.75 Å². The van der Waals surface area contributed by atoms with Gasteiger partial charge in [-0.3, -0.25) is 4.79 Å². The molecular formula is C14H14I2N2O2. The zero-order chi connectivity index (χ0) is 14.5. The fourth-order valence-corrected chi connectivity index (χ4v) is 2.72. The molecule has 0 aliphatic rings. The summed E-state index contributed by atoms with van der Waals surface area (Å²) < 4.78 is 8.29. The van der Waals surface area contributed by atoms with Gasteiger partial charge in [-0.2, -0.15) is 0 Å². The highest BCUT2D eigenvalue weighted by Crippen LogP contribution is 2.12. The molecule has 0 N–H and O–H groups in total. The topological polar surface area (TPSA) is 44.1 Å². The Morgan fingerprint density at radius 1 is 1.20 bits per heavy atom. The van der Waals surface area contributed by atoms with Crippen molar-refractivity contribution in [3.63, 3.8) is 0 Å². The Labute approximate surface area is 144 Å². The lowest BCUT2D eigenvalue weighted by Crippen LogP contribution is -2.25. The molecule has 1 aromatic heterocycles. The Morgan fingerprint density at radius 2 is 1.90 bits per heavy atom. The van der Waals surface area contributed by atoms with E-state index in [9.17, 15) is 4.79 Å². The summed E-state index contributed by atoms with van der Waals surface area (Å²) in [6.45, 7) is 0.554. The fraction of sp³-hybridized carbons (Fsp3) is 0.286. The Kier molecular flexibility index (Phi) is 5.82. The maximum absolute atomic E-state index is 12.3. The van der Waals surface area contributed by atoms with Crippen LogP contribution in [-0.4, -0.2) is 16.7 Å². The molecule has 20 heavy (non-hydrogen) atoms. The van der Waals surface area contributed by atoms with E-state index in [1.807, 2.05) is 30.5 Å². The summed E-state index contributed by atoms with van der Waals surface area (Å²) in [5.41, 5.74) is 2.61. The quantitative estimate of drug-likeness (QED) is 0.473. The summed E-state index contributed by atoms with van der Waals surface area (Å²) in [7, 11) is 1.64. The molecule has 0 aliphatic heterocycles. The molecule has 1 aromatic carbocycles. The molecule has 0 atom stereocenters. The second-order valence-electron chi connectivity index (χ2n) is 4.23. The monoisotopic (exact) mass is 496 g/mol. The predicted molar refractivity (Wildman–Crippen MR) is 96.0 cm³/mol. The molecule has 0 saturated carbocycles. The summed E-state index contributed by atoms with van der Waals surface area (Å²) in [5, 5.41) is 0. The number of benzene rings is 1. The SMILES string of the molecule is COc1ccc(Cn2cc(CI)nc(CI)c2=O)cc1. The van der Waals surface area contributed by atoms with Crippen LogP contribution in [0.5, 0.6) is 5.75 Å². The molecule has 2 rings (SSSR count). The van der Waals surface area contributed by atoms with Crippen LogP contribution >= 0.6 is 45.2 Å². The number of halogens is 2. The van der Waals surface area contributed by atoms with Crippen molar-refractivity contribution in [2.75, 3.05) is 7.11 Å². The van der Waals surface area contributed by atoms with Gasteiger partial charge in [0.15, 0.2) is 0 Å². The van der Waals surface area contributed by atoms with Crippen LogP contribution < -0.4 is 10.3 Å². The van der Waals surface area contributed by atoms with Crippen LogP contribution in [0.3, 0.4) is 0 Å². The van der Waals surface area contributed by atoms with Crippen molar-refractivity contribution in [2.45, 2.75) is 15.4 Å². The highest BCUT2D eigenvalue weighted by molar-refractivity contribution is 14.1. The molecule has 1 heterocycles. The molecule has 0 aliphatic carbocycles. The van der Waals surface area contributed by atoms with E-state index in [1.165, 1.54) is 0 Å². The third-order valence-corrected chi connectivity index (χ3v) is 4.37. The highest BCUT2D eigenvalue weighted by Gasteiger charge is 2.07. The van der Waals surface area contributed by atoms with E-state index in [0.29, 0.717) is 16.7 Å². The molecule has 6 heteroatoms. The fourth-order valence-electron chi connectivity index (χ4n) is 1.85. The Hall–Kier alpha value is -0.640. The van der Waals surface area contributed by atoms with Gasteiger partial charge in [-0.15, -0.1) is 0 Å². The summed E-state index contributed by atoms with van der Waals surface area (Å²) in [6, 6.07) is 7.75. The maximum atomic E-state index is 12.3. The van der Waals surface area contributed by atoms with Gasteiger partial charge in [-0.1, -0.05) is 57.3 Å². The van der Waals surface area contributed by atoms with Crippen LogP contribution in [0.25, 0.3) is 0 Å². The molecule has 2 aromatic rings. The van der Waals surface area contributed by atoms with Crippen LogP contribution in [-0.2, 0) is 15.4 Å². The van der Waals surface area contributed by atoms with Crippen molar-refractivity contribution in [1.29, 1.82) is 0 Å². The maximum Gasteiger partial charge on any atom is 0.273 e. The lowest BCUT2D eigenvalue weighted by Gasteiger charge is -2.10. The highest BCUT2D eigenvalue weighted by atomic mass is 127. The number of hydrogen-bond acceptors (Lipinski definition) is 3. The van der Waals surface area contributed by atoms with Crippen molar-refractivity contribution in [1.82, 2.24) is 9.55 Å². The van der Waals surface area contributed by atoms with Crippen molar-refractivity contribution < 1.29 is 4.74 Å². The second-order valence-corrected chi connectivity index (χ2v) is 5.75. The summed E-state index contributed by atoms with van der Waals surface area (Å²) >= 11 is 4.43. The van der Waals surface area contributed by atoms with Crippen LogP contribution in [0.15, 0.2) is 35.3 Å². The number of hydrogen-bond donors (Lipinski definition) is 0. The zero-order valence-corrected chi connectivity index (χ0v) is 15.3. The van der Waals surface area contributed by atoms with Crippen molar-refractivity contribution in [3.05, 3.63) is 57.8 Å². The van der Waals surface area contributed by atoms with Crippen LogP contribution in [0.2, 0.25) is 0 Å². The Balaban J connectivity index is 2.34. The first-order chi connectivity index (χ1) is 9.67. The number of alkyl halides is 2. The Bertz CT molecular complexity index is 639. The normalized spacial score (nSPS) is 10.6. The first-order valence-corrected chi connectivity index (χ1v) is 9.07. The lowest BCUT2D eigenvalue weighted by atomic mass is 10.2. The van der Waals surface area contributed by atoms with Gasteiger partial charge in [0.2, 0.25) is 0 Å². The van der Waals surface area contributed by atoms with Gasteiger partial charge in [0.05, 0.1) is 19.3 Å². The van der Waals surface area contributed by atoms with Crippen LogP contribution in [0.1, 0.15) is 17.0 Å².